The van der Waals surface area contributed by atoms with Gasteiger partial charge in [0.2, 0.25) is 0 Å². The number of halogens is 1. The molecule has 1 heterocycles. The fourth-order valence-corrected chi connectivity index (χ4v) is 2.13. The van der Waals surface area contributed by atoms with Gasteiger partial charge in [0, 0.05) is 17.4 Å². The molecule has 2 N–H and O–H groups in total. The van der Waals surface area contributed by atoms with Gasteiger partial charge in [-0.05, 0) is 18.2 Å². The summed E-state index contributed by atoms with van der Waals surface area (Å²) in [7, 11) is 0. The summed E-state index contributed by atoms with van der Waals surface area (Å²) < 4.78 is 13.8. The second kappa shape index (κ2) is 7.53. The lowest BCUT2D eigenvalue weighted by atomic mass is 10.1. The third kappa shape index (κ3) is 4.38. The molecule has 0 radical (unpaired) electrons. The zero-order valence-electron chi connectivity index (χ0n) is 11.1. The minimum atomic E-state index is -0.554. The van der Waals surface area contributed by atoms with Gasteiger partial charge in [-0.15, -0.1) is 11.3 Å². The molecule has 0 aliphatic carbocycles. The Labute approximate surface area is 125 Å². The predicted octanol–water partition coefficient (Wildman–Crippen LogP) is 1.95. The molecule has 0 bridgehead atoms. The molecule has 1 amide bonds. The van der Waals surface area contributed by atoms with Gasteiger partial charge in [-0.2, -0.15) is 0 Å². The van der Waals surface area contributed by atoms with E-state index in [4.69, 9.17) is 5.11 Å². The predicted molar refractivity (Wildman–Crippen MR) is 78.3 cm³/mol. The quantitative estimate of drug-likeness (QED) is 0.849. The molecule has 0 saturated heterocycles. The maximum Gasteiger partial charge on any atom is 0.251 e. The maximum absolute atomic E-state index is 13.8. The van der Waals surface area contributed by atoms with Gasteiger partial charge in [0.05, 0.1) is 29.9 Å². The lowest BCUT2D eigenvalue weighted by Gasteiger charge is -2.04. The van der Waals surface area contributed by atoms with E-state index in [1.807, 2.05) is 5.38 Å². The molecule has 0 saturated carbocycles. The number of nitrogens with zero attached hydrogens (tertiary/aromatic N) is 1. The molecule has 4 nitrogen and oxygen atoms in total. The van der Waals surface area contributed by atoms with E-state index in [0.29, 0.717) is 6.54 Å². The van der Waals surface area contributed by atoms with Crippen LogP contribution in [0, 0.1) is 17.7 Å². The summed E-state index contributed by atoms with van der Waals surface area (Å²) in [6, 6.07) is 4.12. The lowest BCUT2D eigenvalue weighted by molar-refractivity contribution is 0.0950. The smallest absolute Gasteiger partial charge is 0.251 e. The second-order valence-electron chi connectivity index (χ2n) is 4.13. The number of aliphatic hydroxyl groups is 1. The monoisotopic (exact) mass is 304 g/mol. The Morgan fingerprint density at radius 1 is 1.48 bits per heavy atom. The standard InChI is InChI=1S/C15H13FN2O2S/c16-14-7-12(5-4-11(14)3-1-2-6-19)15(20)17-8-13-9-21-10-18-13/h4-5,7,9-10,19H,2,6,8H2,(H,17,20). The van der Waals surface area contributed by atoms with Crippen LogP contribution in [0.5, 0.6) is 0 Å². The number of carbonyl (C=O) groups excluding carboxylic acids is 1. The number of thiazole rings is 1. The van der Waals surface area contributed by atoms with Crippen LogP contribution in [0.2, 0.25) is 0 Å². The molecule has 1 aromatic carbocycles. The number of amides is 1. The lowest BCUT2D eigenvalue weighted by Crippen LogP contribution is -2.23. The highest BCUT2D eigenvalue weighted by molar-refractivity contribution is 7.07. The van der Waals surface area contributed by atoms with Crippen molar-refractivity contribution in [1.82, 2.24) is 10.3 Å². The first-order valence-corrected chi connectivity index (χ1v) is 7.19. The number of benzene rings is 1. The van der Waals surface area contributed by atoms with E-state index in [0.717, 1.165) is 11.8 Å². The first-order chi connectivity index (χ1) is 10.2. The van der Waals surface area contributed by atoms with Crippen molar-refractivity contribution in [3.8, 4) is 11.8 Å². The van der Waals surface area contributed by atoms with E-state index >= 15 is 0 Å². The first-order valence-electron chi connectivity index (χ1n) is 6.25. The zero-order chi connectivity index (χ0) is 15.1. The highest BCUT2D eigenvalue weighted by atomic mass is 32.1. The number of rotatable bonds is 4. The number of aliphatic hydroxyl groups excluding tert-OH is 1. The van der Waals surface area contributed by atoms with Crippen molar-refractivity contribution in [1.29, 1.82) is 0 Å². The molecule has 0 aliphatic heterocycles. The molecule has 0 spiro atoms. The second-order valence-corrected chi connectivity index (χ2v) is 4.85. The Morgan fingerprint density at radius 3 is 3.00 bits per heavy atom. The van der Waals surface area contributed by atoms with E-state index in [1.165, 1.54) is 23.5 Å². The van der Waals surface area contributed by atoms with Gasteiger partial charge in [0.1, 0.15) is 5.82 Å². The molecular weight excluding hydrogens is 291 g/mol. The van der Waals surface area contributed by atoms with Crippen molar-refractivity contribution in [2.24, 2.45) is 0 Å². The highest BCUT2D eigenvalue weighted by Crippen LogP contribution is 2.10. The van der Waals surface area contributed by atoms with E-state index in [2.05, 4.69) is 22.1 Å². The van der Waals surface area contributed by atoms with Gasteiger partial charge in [-0.1, -0.05) is 11.8 Å². The average Bonchev–Trinajstić information content (AvgIpc) is 3.00. The molecule has 6 heteroatoms. The van der Waals surface area contributed by atoms with Gasteiger partial charge < -0.3 is 10.4 Å². The first kappa shape index (κ1) is 15.2. The summed E-state index contributed by atoms with van der Waals surface area (Å²) in [5, 5.41) is 13.1. The van der Waals surface area contributed by atoms with Crippen LogP contribution >= 0.6 is 11.3 Å². The molecule has 21 heavy (non-hydrogen) atoms. The van der Waals surface area contributed by atoms with E-state index < -0.39 is 5.82 Å². The number of hydrogen-bond acceptors (Lipinski definition) is 4. The van der Waals surface area contributed by atoms with E-state index in [-0.39, 0.29) is 30.1 Å². The summed E-state index contributed by atoms with van der Waals surface area (Å²) in [6.45, 7) is 0.244. The maximum atomic E-state index is 13.8. The van der Waals surface area contributed by atoms with Gasteiger partial charge in [-0.3, -0.25) is 4.79 Å². The fourth-order valence-electron chi connectivity index (χ4n) is 1.57. The van der Waals surface area contributed by atoms with Crippen LogP contribution in [-0.2, 0) is 6.54 Å². The molecule has 2 rings (SSSR count). The highest BCUT2D eigenvalue weighted by Gasteiger charge is 2.09. The summed E-state index contributed by atoms with van der Waals surface area (Å²) in [5.74, 6) is 4.33. The minimum Gasteiger partial charge on any atom is -0.395 e. The summed E-state index contributed by atoms with van der Waals surface area (Å²) in [4.78, 5) is 15.9. The third-order valence-corrected chi connectivity index (χ3v) is 3.24. The Kier molecular flexibility index (Phi) is 5.43. The Morgan fingerprint density at radius 2 is 2.33 bits per heavy atom. The van der Waals surface area contributed by atoms with Crippen LogP contribution in [0.3, 0.4) is 0 Å². The van der Waals surface area contributed by atoms with Gasteiger partial charge in [-0.25, -0.2) is 9.37 Å². The largest absolute Gasteiger partial charge is 0.395 e. The van der Waals surface area contributed by atoms with Crippen molar-refractivity contribution in [2.75, 3.05) is 6.61 Å². The van der Waals surface area contributed by atoms with Crippen LogP contribution in [0.25, 0.3) is 0 Å². The summed E-state index contributed by atoms with van der Waals surface area (Å²) >= 11 is 1.45. The van der Waals surface area contributed by atoms with Gasteiger partial charge in [0.15, 0.2) is 0 Å². The zero-order valence-corrected chi connectivity index (χ0v) is 11.9. The summed E-state index contributed by atoms with van der Waals surface area (Å²) in [5.41, 5.74) is 2.89. The van der Waals surface area contributed by atoms with Crippen molar-refractivity contribution in [3.63, 3.8) is 0 Å². The van der Waals surface area contributed by atoms with Gasteiger partial charge >= 0.3 is 0 Å². The van der Waals surface area contributed by atoms with E-state index in [1.54, 1.807) is 5.51 Å². The molecule has 0 fully saturated rings. The number of hydrogen-bond donors (Lipinski definition) is 2. The van der Waals surface area contributed by atoms with Crippen LogP contribution < -0.4 is 5.32 Å². The number of aromatic nitrogens is 1. The van der Waals surface area contributed by atoms with Gasteiger partial charge in [0.25, 0.3) is 5.91 Å². The van der Waals surface area contributed by atoms with Crippen molar-refractivity contribution in [2.45, 2.75) is 13.0 Å². The van der Waals surface area contributed by atoms with Crippen LogP contribution in [0.1, 0.15) is 28.0 Å². The molecule has 0 unspecified atom stereocenters. The minimum absolute atomic E-state index is 0.0638. The third-order valence-electron chi connectivity index (χ3n) is 2.60. The average molecular weight is 304 g/mol. The Bertz CT molecular complexity index is 675. The summed E-state index contributed by atoms with van der Waals surface area (Å²) in [6.07, 6.45) is 0.287. The topological polar surface area (TPSA) is 62.2 Å². The Hall–Kier alpha value is -2.23. The SMILES string of the molecule is O=C(NCc1cscn1)c1ccc(C#CCCO)c(F)c1. The molecule has 108 valence electrons. The van der Waals surface area contributed by atoms with Crippen LogP contribution in [-0.4, -0.2) is 22.6 Å². The van der Waals surface area contributed by atoms with E-state index in [9.17, 15) is 9.18 Å². The van der Waals surface area contributed by atoms with Crippen molar-refractivity contribution < 1.29 is 14.3 Å². The molecule has 0 aliphatic rings. The molecule has 0 atom stereocenters. The molecule has 2 aromatic rings. The van der Waals surface area contributed by atoms with Crippen molar-refractivity contribution in [3.05, 3.63) is 51.7 Å². The molecular formula is C15H13FN2O2S. The number of nitrogens with one attached hydrogen (secondary N) is 1. The van der Waals surface area contributed by atoms with Crippen LogP contribution in [0.15, 0.2) is 29.1 Å². The molecule has 1 aromatic heterocycles. The van der Waals surface area contributed by atoms with Crippen molar-refractivity contribution >= 4 is 17.2 Å². The Balaban J connectivity index is 2.02. The number of carbonyl (C=O) groups is 1. The van der Waals surface area contributed by atoms with Crippen LogP contribution in [0.4, 0.5) is 4.39 Å². The fraction of sp³-hybridized carbons (Fsp3) is 0.200. The normalized spacial score (nSPS) is 9.81.